The molecule has 0 radical (unpaired) electrons. The van der Waals surface area contributed by atoms with E-state index in [4.69, 9.17) is 0 Å². The van der Waals surface area contributed by atoms with Crippen LogP contribution in [0, 0.1) is 0 Å². The summed E-state index contributed by atoms with van der Waals surface area (Å²) in [5, 5.41) is 6.46. The van der Waals surface area contributed by atoms with Crippen LogP contribution in [0.5, 0.6) is 0 Å². The van der Waals surface area contributed by atoms with Crippen LogP contribution in [0.3, 0.4) is 0 Å². The zero-order valence-corrected chi connectivity index (χ0v) is 15.2. The molecule has 2 N–H and O–H groups in total. The average molecular weight is 360 g/mol. The van der Waals surface area contributed by atoms with Gasteiger partial charge in [0.2, 0.25) is 5.91 Å². The van der Waals surface area contributed by atoms with E-state index in [1.807, 2.05) is 36.4 Å². The minimum Gasteiger partial charge on any atom is -0.325 e. The fourth-order valence-corrected chi connectivity index (χ4v) is 3.06. The standard InChI is InChI=1S/C20H25N3O.ClH/c24-20(16-23-13-6-11-21-12-14-23)22-19-10-5-4-9-18(19)15-17-7-2-1-3-8-17;/h1-5,7-10,21H,6,11-16H2,(H,22,24);1H. The number of anilines is 1. The lowest BCUT2D eigenvalue weighted by atomic mass is 10.0. The molecule has 134 valence electrons. The Morgan fingerprint density at radius 1 is 1.00 bits per heavy atom. The highest BCUT2D eigenvalue weighted by atomic mass is 35.5. The third-order valence-electron chi connectivity index (χ3n) is 4.33. The Morgan fingerprint density at radius 2 is 1.76 bits per heavy atom. The first-order chi connectivity index (χ1) is 11.8. The Morgan fingerprint density at radius 3 is 2.60 bits per heavy atom. The van der Waals surface area contributed by atoms with Gasteiger partial charge in [0.25, 0.3) is 0 Å². The second-order valence-corrected chi connectivity index (χ2v) is 6.25. The minimum atomic E-state index is 0. The molecule has 0 atom stereocenters. The van der Waals surface area contributed by atoms with Gasteiger partial charge >= 0.3 is 0 Å². The van der Waals surface area contributed by atoms with Crippen LogP contribution in [0.25, 0.3) is 0 Å². The van der Waals surface area contributed by atoms with E-state index >= 15 is 0 Å². The Labute approximate surface area is 156 Å². The molecule has 1 saturated heterocycles. The predicted molar refractivity (Wildman–Crippen MR) is 105 cm³/mol. The van der Waals surface area contributed by atoms with Crippen LogP contribution >= 0.6 is 12.4 Å². The smallest absolute Gasteiger partial charge is 0.238 e. The first kappa shape index (κ1) is 19.4. The van der Waals surface area contributed by atoms with Gasteiger partial charge in [0, 0.05) is 18.8 Å². The van der Waals surface area contributed by atoms with Crippen molar-refractivity contribution in [1.82, 2.24) is 10.2 Å². The summed E-state index contributed by atoms with van der Waals surface area (Å²) in [5.74, 6) is 0.0670. The van der Waals surface area contributed by atoms with Crippen LogP contribution in [0.2, 0.25) is 0 Å². The van der Waals surface area contributed by atoms with Gasteiger partial charge in [0.1, 0.15) is 0 Å². The van der Waals surface area contributed by atoms with Gasteiger partial charge in [-0.2, -0.15) is 0 Å². The third kappa shape index (κ3) is 6.16. The molecule has 0 spiro atoms. The van der Waals surface area contributed by atoms with Gasteiger partial charge in [-0.25, -0.2) is 0 Å². The molecule has 3 rings (SSSR count). The van der Waals surface area contributed by atoms with Crippen molar-refractivity contribution in [2.24, 2.45) is 0 Å². The SMILES string of the molecule is Cl.O=C(CN1CCCNCC1)Nc1ccccc1Cc1ccccc1. The summed E-state index contributed by atoms with van der Waals surface area (Å²) in [6, 6.07) is 18.4. The molecule has 1 amide bonds. The van der Waals surface area contributed by atoms with Crippen molar-refractivity contribution >= 4 is 24.0 Å². The molecule has 5 heteroatoms. The number of hydrogen-bond acceptors (Lipinski definition) is 3. The molecule has 0 saturated carbocycles. The molecule has 0 unspecified atom stereocenters. The number of rotatable bonds is 5. The van der Waals surface area contributed by atoms with Gasteiger partial charge in [-0.1, -0.05) is 48.5 Å². The van der Waals surface area contributed by atoms with Crippen LogP contribution in [0.4, 0.5) is 5.69 Å². The number of para-hydroxylation sites is 1. The summed E-state index contributed by atoms with van der Waals surface area (Å²) in [4.78, 5) is 14.6. The van der Waals surface area contributed by atoms with Crippen molar-refractivity contribution in [3.63, 3.8) is 0 Å². The van der Waals surface area contributed by atoms with Gasteiger partial charge < -0.3 is 10.6 Å². The molecule has 25 heavy (non-hydrogen) atoms. The molecule has 0 aromatic heterocycles. The number of hydrogen-bond donors (Lipinski definition) is 2. The molecule has 0 bridgehead atoms. The lowest BCUT2D eigenvalue weighted by Crippen LogP contribution is -2.35. The summed E-state index contributed by atoms with van der Waals surface area (Å²) < 4.78 is 0. The summed E-state index contributed by atoms with van der Waals surface area (Å²) in [7, 11) is 0. The monoisotopic (exact) mass is 359 g/mol. The van der Waals surface area contributed by atoms with Crippen molar-refractivity contribution < 1.29 is 4.79 Å². The molecule has 2 aromatic rings. The largest absolute Gasteiger partial charge is 0.325 e. The van der Waals surface area contributed by atoms with Crippen LogP contribution in [0.15, 0.2) is 54.6 Å². The summed E-state index contributed by atoms with van der Waals surface area (Å²) in [6.07, 6.45) is 1.92. The molecule has 1 aliphatic heterocycles. The maximum Gasteiger partial charge on any atom is 0.238 e. The number of carbonyl (C=O) groups excluding carboxylic acids is 1. The fourth-order valence-electron chi connectivity index (χ4n) is 3.06. The maximum absolute atomic E-state index is 12.4. The molecule has 1 heterocycles. The van der Waals surface area contributed by atoms with Crippen molar-refractivity contribution in [2.75, 3.05) is 38.0 Å². The lowest BCUT2D eigenvalue weighted by molar-refractivity contribution is -0.117. The lowest BCUT2D eigenvalue weighted by Gasteiger charge is -2.19. The van der Waals surface area contributed by atoms with Crippen LogP contribution in [-0.2, 0) is 11.2 Å². The normalized spacial score (nSPS) is 15.0. The number of amides is 1. The van der Waals surface area contributed by atoms with E-state index in [-0.39, 0.29) is 18.3 Å². The molecule has 0 aliphatic carbocycles. The van der Waals surface area contributed by atoms with Gasteiger partial charge in [-0.05, 0) is 43.1 Å². The third-order valence-corrected chi connectivity index (χ3v) is 4.33. The average Bonchev–Trinajstić information content (AvgIpc) is 2.86. The van der Waals surface area contributed by atoms with E-state index in [0.29, 0.717) is 6.54 Å². The topological polar surface area (TPSA) is 44.4 Å². The summed E-state index contributed by atoms with van der Waals surface area (Å²) in [6.45, 7) is 4.36. The van der Waals surface area contributed by atoms with E-state index in [0.717, 1.165) is 50.3 Å². The van der Waals surface area contributed by atoms with Gasteiger partial charge in [-0.3, -0.25) is 9.69 Å². The van der Waals surface area contributed by atoms with Crippen LogP contribution in [-0.4, -0.2) is 43.5 Å². The van der Waals surface area contributed by atoms with E-state index in [9.17, 15) is 4.79 Å². The Balaban J connectivity index is 0.00000225. The summed E-state index contributed by atoms with van der Waals surface area (Å²) in [5.41, 5.74) is 3.31. The van der Waals surface area contributed by atoms with E-state index in [1.165, 1.54) is 5.56 Å². The maximum atomic E-state index is 12.4. The van der Waals surface area contributed by atoms with Gasteiger partial charge in [-0.15, -0.1) is 12.4 Å². The molecule has 1 aliphatic rings. The molecular weight excluding hydrogens is 334 g/mol. The van der Waals surface area contributed by atoms with Crippen molar-refractivity contribution in [3.8, 4) is 0 Å². The Hall–Kier alpha value is -1.88. The Kier molecular flexibility index (Phi) is 7.92. The Bertz CT molecular complexity index is 655. The zero-order chi connectivity index (χ0) is 16.6. The highest BCUT2D eigenvalue weighted by Crippen LogP contribution is 2.19. The van der Waals surface area contributed by atoms with Crippen LogP contribution < -0.4 is 10.6 Å². The number of nitrogens with zero attached hydrogens (tertiary/aromatic N) is 1. The number of nitrogens with one attached hydrogen (secondary N) is 2. The molecule has 4 nitrogen and oxygen atoms in total. The highest BCUT2D eigenvalue weighted by Gasteiger charge is 2.14. The van der Waals surface area contributed by atoms with E-state index < -0.39 is 0 Å². The highest BCUT2D eigenvalue weighted by molar-refractivity contribution is 5.93. The quantitative estimate of drug-likeness (QED) is 0.862. The fraction of sp³-hybridized carbons (Fsp3) is 0.350. The van der Waals surface area contributed by atoms with Gasteiger partial charge in [0.05, 0.1) is 6.54 Å². The molecule has 2 aromatic carbocycles. The second kappa shape index (κ2) is 10.2. The minimum absolute atomic E-state index is 0. The predicted octanol–water partition coefficient (Wildman–Crippen LogP) is 2.93. The summed E-state index contributed by atoms with van der Waals surface area (Å²) >= 11 is 0. The van der Waals surface area contributed by atoms with Crippen molar-refractivity contribution in [2.45, 2.75) is 12.8 Å². The number of benzene rings is 2. The van der Waals surface area contributed by atoms with E-state index in [1.54, 1.807) is 0 Å². The van der Waals surface area contributed by atoms with E-state index in [2.05, 4.69) is 33.7 Å². The zero-order valence-electron chi connectivity index (χ0n) is 14.4. The van der Waals surface area contributed by atoms with Crippen molar-refractivity contribution in [3.05, 3.63) is 65.7 Å². The first-order valence-corrected chi connectivity index (χ1v) is 8.66. The van der Waals surface area contributed by atoms with Crippen molar-refractivity contribution in [1.29, 1.82) is 0 Å². The molecular formula is C20H26ClN3O. The molecule has 1 fully saturated rings. The van der Waals surface area contributed by atoms with Crippen LogP contribution in [0.1, 0.15) is 17.5 Å². The number of carbonyl (C=O) groups is 1. The second-order valence-electron chi connectivity index (χ2n) is 6.25. The van der Waals surface area contributed by atoms with Gasteiger partial charge in [0.15, 0.2) is 0 Å². The number of halogens is 1. The first-order valence-electron chi connectivity index (χ1n) is 8.66.